The van der Waals surface area contributed by atoms with Crippen LogP contribution in [0.1, 0.15) is 31.4 Å². The number of nitrogens with one attached hydrogen (secondary N) is 1. The highest BCUT2D eigenvalue weighted by Gasteiger charge is 2.04. The summed E-state index contributed by atoms with van der Waals surface area (Å²) < 4.78 is 0. The fourth-order valence-corrected chi connectivity index (χ4v) is 2.54. The number of nitrogens with zero attached hydrogens (tertiary/aromatic N) is 4. The van der Waals surface area contributed by atoms with Crippen molar-refractivity contribution in [2.24, 2.45) is 10.7 Å². The van der Waals surface area contributed by atoms with E-state index in [1.54, 1.807) is 0 Å². The van der Waals surface area contributed by atoms with Crippen molar-refractivity contribution in [3.8, 4) is 0 Å². The SMILES string of the molecule is Cc1nc(NC(N)=NCCCCCCN(C)C)nc2ccccc12. The van der Waals surface area contributed by atoms with Crippen LogP contribution in [0.2, 0.25) is 0 Å². The predicted molar refractivity (Wildman–Crippen MR) is 101 cm³/mol. The third-order valence-electron chi connectivity index (χ3n) is 3.83. The highest BCUT2D eigenvalue weighted by molar-refractivity contribution is 5.92. The van der Waals surface area contributed by atoms with Crippen LogP contribution in [0.25, 0.3) is 10.9 Å². The lowest BCUT2D eigenvalue weighted by Crippen LogP contribution is -2.24. The molecule has 0 spiro atoms. The van der Waals surface area contributed by atoms with E-state index in [9.17, 15) is 0 Å². The molecular formula is C18H28N6. The number of unbranched alkanes of at least 4 members (excludes halogenated alkanes) is 3. The highest BCUT2D eigenvalue weighted by atomic mass is 15.2. The molecule has 0 unspecified atom stereocenters. The van der Waals surface area contributed by atoms with Crippen molar-refractivity contribution in [3.05, 3.63) is 30.0 Å². The van der Waals surface area contributed by atoms with Crippen LogP contribution in [0.3, 0.4) is 0 Å². The Balaban J connectivity index is 1.80. The summed E-state index contributed by atoms with van der Waals surface area (Å²) in [4.78, 5) is 15.5. The molecule has 6 heteroatoms. The average Bonchev–Trinajstić information content (AvgIpc) is 2.53. The third kappa shape index (κ3) is 5.77. The lowest BCUT2D eigenvalue weighted by Gasteiger charge is -2.08. The largest absolute Gasteiger partial charge is 0.370 e. The van der Waals surface area contributed by atoms with Gasteiger partial charge in [0.05, 0.1) is 11.2 Å². The maximum Gasteiger partial charge on any atom is 0.230 e. The monoisotopic (exact) mass is 328 g/mol. The molecule has 0 bridgehead atoms. The Hall–Kier alpha value is -2.21. The minimum absolute atomic E-state index is 0.373. The van der Waals surface area contributed by atoms with Gasteiger partial charge in [-0.25, -0.2) is 9.97 Å². The summed E-state index contributed by atoms with van der Waals surface area (Å²) in [7, 11) is 4.21. The molecule has 0 amide bonds. The first-order valence-corrected chi connectivity index (χ1v) is 8.51. The van der Waals surface area contributed by atoms with Gasteiger partial charge in [0.15, 0.2) is 5.96 Å². The molecular weight excluding hydrogens is 300 g/mol. The molecule has 24 heavy (non-hydrogen) atoms. The molecule has 0 saturated carbocycles. The molecule has 0 aliphatic heterocycles. The quantitative estimate of drug-likeness (QED) is 0.442. The topological polar surface area (TPSA) is 79.4 Å². The minimum Gasteiger partial charge on any atom is -0.370 e. The Morgan fingerprint density at radius 3 is 2.67 bits per heavy atom. The van der Waals surface area contributed by atoms with Crippen LogP contribution in [0, 0.1) is 6.92 Å². The molecule has 2 rings (SSSR count). The molecule has 0 atom stereocenters. The molecule has 6 nitrogen and oxygen atoms in total. The van der Waals surface area contributed by atoms with Crippen molar-refractivity contribution in [1.82, 2.24) is 14.9 Å². The molecule has 130 valence electrons. The number of aryl methyl sites for hydroxylation is 1. The highest BCUT2D eigenvalue weighted by Crippen LogP contribution is 2.16. The fourth-order valence-electron chi connectivity index (χ4n) is 2.54. The molecule has 1 aromatic carbocycles. The number of guanidine groups is 1. The van der Waals surface area contributed by atoms with Crippen molar-refractivity contribution in [3.63, 3.8) is 0 Å². The van der Waals surface area contributed by atoms with Gasteiger partial charge in [-0.15, -0.1) is 0 Å². The second-order valence-electron chi connectivity index (χ2n) is 6.26. The Bertz CT molecular complexity index is 680. The van der Waals surface area contributed by atoms with Crippen LogP contribution < -0.4 is 11.1 Å². The number of aromatic nitrogens is 2. The van der Waals surface area contributed by atoms with Crippen molar-refractivity contribution in [2.75, 3.05) is 32.5 Å². The number of hydrogen-bond donors (Lipinski definition) is 2. The number of fused-ring (bicyclic) bond motifs is 1. The van der Waals surface area contributed by atoms with Gasteiger partial charge in [0.2, 0.25) is 5.95 Å². The lowest BCUT2D eigenvalue weighted by atomic mass is 10.2. The molecule has 0 radical (unpaired) electrons. The Kier molecular flexibility index (Phi) is 6.93. The third-order valence-corrected chi connectivity index (χ3v) is 3.83. The summed E-state index contributed by atoms with van der Waals surface area (Å²) in [5.41, 5.74) is 7.76. The maximum absolute atomic E-state index is 5.93. The van der Waals surface area contributed by atoms with Crippen LogP contribution in [0.4, 0.5) is 5.95 Å². The van der Waals surface area contributed by atoms with Gasteiger partial charge >= 0.3 is 0 Å². The first-order chi connectivity index (χ1) is 11.6. The Labute approximate surface area is 144 Å². The Morgan fingerprint density at radius 1 is 1.12 bits per heavy atom. The summed E-state index contributed by atoms with van der Waals surface area (Å²) in [6.45, 7) is 3.84. The van der Waals surface area contributed by atoms with E-state index >= 15 is 0 Å². The number of anilines is 1. The van der Waals surface area contributed by atoms with E-state index in [1.165, 1.54) is 19.3 Å². The van der Waals surface area contributed by atoms with E-state index < -0.39 is 0 Å². The minimum atomic E-state index is 0.373. The van der Waals surface area contributed by atoms with E-state index in [2.05, 4.69) is 39.3 Å². The molecule has 3 N–H and O–H groups in total. The van der Waals surface area contributed by atoms with Gasteiger partial charge in [-0.1, -0.05) is 31.0 Å². The summed E-state index contributed by atoms with van der Waals surface area (Å²) in [5, 5.41) is 4.04. The number of benzene rings is 1. The zero-order chi connectivity index (χ0) is 17.4. The zero-order valence-electron chi connectivity index (χ0n) is 14.9. The lowest BCUT2D eigenvalue weighted by molar-refractivity contribution is 0.390. The second-order valence-corrected chi connectivity index (χ2v) is 6.26. The van der Waals surface area contributed by atoms with E-state index in [1.807, 2.05) is 31.2 Å². The normalized spacial score (nSPS) is 12.1. The first kappa shape index (κ1) is 18.1. The summed E-state index contributed by atoms with van der Waals surface area (Å²) in [6.07, 6.45) is 4.69. The summed E-state index contributed by atoms with van der Waals surface area (Å²) >= 11 is 0. The average molecular weight is 328 g/mol. The van der Waals surface area contributed by atoms with Gasteiger partial charge in [-0.05, 0) is 46.5 Å². The van der Waals surface area contributed by atoms with Crippen molar-refractivity contribution >= 4 is 22.8 Å². The fraction of sp³-hybridized carbons (Fsp3) is 0.500. The van der Waals surface area contributed by atoms with Gasteiger partial charge in [-0.2, -0.15) is 0 Å². The summed E-state index contributed by atoms with van der Waals surface area (Å²) in [6, 6.07) is 7.94. The van der Waals surface area contributed by atoms with E-state index in [0.29, 0.717) is 11.9 Å². The van der Waals surface area contributed by atoms with Crippen LogP contribution in [0.5, 0.6) is 0 Å². The first-order valence-electron chi connectivity index (χ1n) is 8.51. The standard InChI is InChI=1S/C18H28N6/c1-14-15-10-6-7-11-16(15)22-18(21-14)23-17(19)20-12-8-4-5-9-13-24(2)3/h6-7,10-11H,4-5,8-9,12-13H2,1-3H3,(H3,19,20,21,22,23). The van der Waals surface area contributed by atoms with Crippen LogP contribution >= 0.6 is 0 Å². The summed E-state index contributed by atoms with van der Waals surface area (Å²) in [5.74, 6) is 0.872. The Morgan fingerprint density at radius 2 is 1.88 bits per heavy atom. The van der Waals surface area contributed by atoms with Gasteiger partial charge in [0.25, 0.3) is 0 Å². The zero-order valence-corrected chi connectivity index (χ0v) is 14.9. The van der Waals surface area contributed by atoms with Gasteiger partial charge in [0, 0.05) is 11.9 Å². The predicted octanol–water partition coefficient (Wildman–Crippen LogP) is 2.79. The number of rotatable bonds is 8. The van der Waals surface area contributed by atoms with Crippen LogP contribution in [-0.4, -0.2) is 48.0 Å². The van der Waals surface area contributed by atoms with E-state index in [0.717, 1.165) is 36.1 Å². The molecule has 1 heterocycles. The number of nitrogens with two attached hydrogens (primary N) is 1. The number of hydrogen-bond acceptors (Lipinski definition) is 4. The number of para-hydroxylation sites is 1. The molecule has 0 aliphatic carbocycles. The second kappa shape index (κ2) is 9.17. The van der Waals surface area contributed by atoms with E-state index in [4.69, 9.17) is 5.73 Å². The van der Waals surface area contributed by atoms with Crippen molar-refractivity contribution in [1.29, 1.82) is 0 Å². The van der Waals surface area contributed by atoms with Gasteiger partial charge in [0.1, 0.15) is 0 Å². The van der Waals surface area contributed by atoms with Gasteiger partial charge < -0.3 is 10.6 Å². The molecule has 0 fully saturated rings. The van der Waals surface area contributed by atoms with Crippen LogP contribution in [-0.2, 0) is 0 Å². The van der Waals surface area contributed by atoms with Crippen molar-refractivity contribution in [2.45, 2.75) is 32.6 Å². The molecule has 0 aliphatic rings. The van der Waals surface area contributed by atoms with E-state index in [-0.39, 0.29) is 0 Å². The number of aliphatic imine (C=N–C) groups is 1. The smallest absolute Gasteiger partial charge is 0.230 e. The van der Waals surface area contributed by atoms with Gasteiger partial charge in [-0.3, -0.25) is 10.3 Å². The molecule has 0 saturated heterocycles. The maximum atomic E-state index is 5.93. The van der Waals surface area contributed by atoms with Crippen LogP contribution in [0.15, 0.2) is 29.3 Å². The van der Waals surface area contributed by atoms with Crippen molar-refractivity contribution < 1.29 is 0 Å². The molecule has 2 aromatic rings. The molecule has 1 aromatic heterocycles.